The van der Waals surface area contributed by atoms with Crippen LogP contribution in [0.3, 0.4) is 0 Å². The summed E-state index contributed by atoms with van der Waals surface area (Å²) in [6, 6.07) is 11.4. The zero-order valence-electron chi connectivity index (χ0n) is 13.3. The highest BCUT2D eigenvalue weighted by Gasteiger charge is 2.19. The molecule has 0 heterocycles. The van der Waals surface area contributed by atoms with Crippen LogP contribution in [-0.4, -0.2) is 25.9 Å². The summed E-state index contributed by atoms with van der Waals surface area (Å²) < 4.78 is 31.4. The van der Waals surface area contributed by atoms with E-state index in [0.717, 1.165) is 18.1 Å². The van der Waals surface area contributed by atoms with E-state index in [1.165, 1.54) is 18.2 Å². The Balaban J connectivity index is 2.02. The number of sulfonamides is 1. The molecule has 2 aromatic carbocycles. The van der Waals surface area contributed by atoms with Crippen molar-refractivity contribution < 1.29 is 22.9 Å². The highest BCUT2D eigenvalue weighted by molar-refractivity contribution is 7.89. The molecule has 132 valence electrons. The number of ether oxygens (including phenoxy) is 1. The minimum absolute atomic E-state index is 0.303. The monoisotopic (exact) mass is 364 g/mol. The molecule has 0 aliphatic heterocycles. The number of aryl methyl sites for hydroxylation is 1. The van der Waals surface area contributed by atoms with Gasteiger partial charge in [0, 0.05) is 12.1 Å². The van der Waals surface area contributed by atoms with Crippen LogP contribution in [-0.2, 0) is 21.2 Å². The summed E-state index contributed by atoms with van der Waals surface area (Å²) in [6.45, 7) is 1.36. The van der Waals surface area contributed by atoms with E-state index in [2.05, 4.69) is 4.72 Å². The van der Waals surface area contributed by atoms with Crippen LogP contribution in [0.25, 0.3) is 0 Å². The molecule has 0 aliphatic carbocycles. The van der Waals surface area contributed by atoms with E-state index in [0.29, 0.717) is 5.75 Å². The van der Waals surface area contributed by atoms with Crippen LogP contribution in [0.4, 0.5) is 5.69 Å². The quantitative estimate of drug-likeness (QED) is 0.348. The van der Waals surface area contributed by atoms with Gasteiger partial charge in [0.05, 0.1) is 9.82 Å². The zero-order valence-corrected chi connectivity index (χ0v) is 14.2. The molecule has 8 nitrogen and oxygen atoms in total. The average molecular weight is 364 g/mol. The summed E-state index contributed by atoms with van der Waals surface area (Å²) in [5.74, 6) is -0.471. The van der Waals surface area contributed by atoms with E-state index in [1.807, 2.05) is 13.0 Å². The van der Waals surface area contributed by atoms with Crippen LogP contribution in [0.1, 0.15) is 12.5 Å². The summed E-state index contributed by atoms with van der Waals surface area (Å²) in [6.07, 6.45) is 0.769. The fourth-order valence-electron chi connectivity index (χ4n) is 2.00. The molecule has 0 amide bonds. The van der Waals surface area contributed by atoms with Crippen molar-refractivity contribution in [3.05, 3.63) is 64.2 Å². The summed E-state index contributed by atoms with van der Waals surface area (Å²) >= 11 is 0. The van der Waals surface area contributed by atoms with Gasteiger partial charge in [-0.25, -0.2) is 8.42 Å². The number of hydrogen-bond acceptors (Lipinski definition) is 6. The van der Waals surface area contributed by atoms with Crippen molar-refractivity contribution in [1.29, 1.82) is 0 Å². The first-order chi connectivity index (χ1) is 11.8. The van der Waals surface area contributed by atoms with Gasteiger partial charge in [-0.3, -0.25) is 14.9 Å². The molecule has 9 heteroatoms. The first kappa shape index (κ1) is 18.6. The molecule has 0 radical (unpaired) electrons. The third-order valence-electron chi connectivity index (χ3n) is 3.28. The molecule has 1 N–H and O–H groups in total. The number of non-ortho nitro benzene ring substituents is 1. The van der Waals surface area contributed by atoms with E-state index in [-0.39, 0.29) is 10.6 Å². The Kier molecular flexibility index (Phi) is 5.84. The Morgan fingerprint density at radius 1 is 1.20 bits per heavy atom. The number of esters is 1. The molecule has 0 fully saturated rings. The molecule has 0 atom stereocenters. The van der Waals surface area contributed by atoms with Gasteiger partial charge in [0.25, 0.3) is 5.69 Å². The van der Waals surface area contributed by atoms with Crippen molar-refractivity contribution in [2.45, 2.75) is 18.2 Å². The van der Waals surface area contributed by atoms with Crippen LogP contribution in [0, 0.1) is 10.1 Å². The van der Waals surface area contributed by atoms with Gasteiger partial charge in [-0.05, 0) is 30.2 Å². The van der Waals surface area contributed by atoms with Gasteiger partial charge < -0.3 is 4.74 Å². The Morgan fingerprint density at radius 3 is 2.60 bits per heavy atom. The molecule has 25 heavy (non-hydrogen) atoms. The van der Waals surface area contributed by atoms with Crippen molar-refractivity contribution in [2.75, 3.05) is 6.54 Å². The third-order valence-corrected chi connectivity index (χ3v) is 4.68. The summed E-state index contributed by atoms with van der Waals surface area (Å²) in [7, 11) is -4.07. The smallest absolute Gasteiger partial charge is 0.326 e. The Hall–Kier alpha value is -2.78. The van der Waals surface area contributed by atoms with Crippen molar-refractivity contribution >= 4 is 21.7 Å². The highest BCUT2D eigenvalue weighted by atomic mass is 32.2. The maximum Gasteiger partial charge on any atom is 0.326 e. The Bertz CT molecular complexity index is 895. The van der Waals surface area contributed by atoms with Crippen LogP contribution in [0.2, 0.25) is 0 Å². The van der Waals surface area contributed by atoms with Crippen molar-refractivity contribution in [2.24, 2.45) is 0 Å². The summed E-state index contributed by atoms with van der Waals surface area (Å²) in [5.41, 5.74) is 0.615. The van der Waals surface area contributed by atoms with Crippen LogP contribution in [0.15, 0.2) is 53.4 Å². The molecular formula is C16H16N2O6S. The summed E-state index contributed by atoms with van der Waals surface area (Å²) in [5, 5.41) is 10.7. The number of rotatable bonds is 7. The number of carbonyl (C=O) groups is 1. The highest BCUT2D eigenvalue weighted by Crippen LogP contribution is 2.17. The lowest BCUT2D eigenvalue weighted by atomic mass is 10.2. The predicted molar refractivity (Wildman–Crippen MR) is 89.7 cm³/mol. The minimum atomic E-state index is -4.07. The van der Waals surface area contributed by atoms with E-state index >= 15 is 0 Å². The molecule has 0 unspecified atom stereocenters. The van der Waals surface area contributed by atoms with Crippen molar-refractivity contribution in [1.82, 2.24) is 4.72 Å². The zero-order chi connectivity index (χ0) is 18.4. The lowest BCUT2D eigenvalue weighted by Crippen LogP contribution is -2.32. The Morgan fingerprint density at radius 2 is 1.92 bits per heavy atom. The second-order valence-corrected chi connectivity index (χ2v) is 6.82. The van der Waals surface area contributed by atoms with Gasteiger partial charge in [-0.2, -0.15) is 4.72 Å². The number of nitro groups is 1. The van der Waals surface area contributed by atoms with Gasteiger partial charge in [-0.1, -0.05) is 25.1 Å². The topological polar surface area (TPSA) is 116 Å². The normalized spacial score (nSPS) is 11.1. The Labute approximate surface area is 144 Å². The van der Waals surface area contributed by atoms with E-state index in [4.69, 9.17) is 4.74 Å². The predicted octanol–water partition coefficient (Wildman–Crippen LogP) is 2.04. The number of nitro benzene ring substituents is 1. The van der Waals surface area contributed by atoms with E-state index in [9.17, 15) is 23.3 Å². The molecule has 2 aromatic rings. The van der Waals surface area contributed by atoms with Crippen molar-refractivity contribution in [3.8, 4) is 5.75 Å². The van der Waals surface area contributed by atoms with Crippen LogP contribution >= 0.6 is 0 Å². The largest absolute Gasteiger partial charge is 0.426 e. The first-order valence-corrected chi connectivity index (χ1v) is 8.84. The van der Waals surface area contributed by atoms with E-state index in [1.54, 1.807) is 18.2 Å². The number of carbonyl (C=O) groups excluding carboxylic acids is 1. The standard InChI is InChI=1S/C16H16N2O6S/c1-2-12-5-3-7-14(9-12)24-16(19)11-17-25(22,23)15-8-4-6-13(10-15)18(20)21/h3-10,17H,2,11H2,1H3. The molecule has 0 spiro atoms. The fourth-order valence-corrected chi connectivity index (χ4v) is 3.01. The maximum atomic E-state index is 12.1. The van der Waals surface area contributed by atoms with Gasteiger partial charge in [0.1, 0.15) is 12.3 Å². The van der Waals surface area contributed by atoms with Crippen LogP contribution < -0.4 is 9.46 Å². The van der Waals surface area contributed by atoms with Gasteiger partial charge >= 0.3 is 5.97 Å². The fraction of sp³-hybridized carbons (Fsp3) is 0.188. The SMILES string of the molecule is CCc1cccc(OC(=O)CNS(=O)(=O)c2cccc([N+](=O)[O-])c2)c1. The van der Waals surface area contributed by atoms with E-state index < -0.39 is 27.5 Å². The summed E-state index contributed by atoms with van der Waals surface area (Å²) in [4.78, 5) is 21.5. The molecule has 2 rings (SSSR count). The van der Waals surface area contributed by atoms with Gasteiger partial charge in [0.15, 0.2) is 0 Å². The minimum Gasteiger partial charge on any atom is -0.426 e. The second kappa shape index (κ2) is 7.86. The van der Waals surface area contributed by atoms with Crippen LogP contribution in [0.5, 0.6) is 5.75 Å². The molecule has 0 saturated carbocycles. The molecule has 0 aliphatic rings. The molecule has 0 saturated heterocycles. The second-order valence-electron chi connectivity index (χ2n) is 5.05. The number of benzene rings is 2. The lowest BCUT2D eigenvalue weighted by Gasteiger charge is -2.08. The van der Waals surface area contributed by atoms with Gasteiger partial charge in [-0.15, -0.1) is 0 Å². The average Bonchev–Trinajstić information content (AvgIpc) is 2.60. The third kappa shape index (κ3) is 5.10. The number of nitrogens with zero attached hydrogens (tertiary/aromatic N) is 1. The van der Waals surface area contributed by atoms with Crippen molar-refractivity contribution in [3.63, 3.8) is 0 Å². The number of hydrogen-bond donors (Lipinski definition) is 1. The maximum absolute atomic E-state index is 12.1. The van der Waals surface area contributed by atoms with Gasteiger partial charge in [0.2, 0.25) is 10.0 Å². The first-order valence-electron chi connectivity index (χ1n) is 7.35. The molecular weight excluding hydrogens is 348 g/mol. The number of nitrogens with one attached hydrogen (secondary N) is 1. The lowest BCUT2D eigenvalue weighted by molar-refractivity contribution is -0.385. The molecule has 0 bridgehead atoms. The molecule has 0 aromatic heterocycles.